The maximum absolute atomic E-state index is 12.5. The van der Waals surface area contributed by atoms with Crippen LogP contribution < -0.4 is 14.8 Å². The Balaban J connectivity index is 1.50. The zero-order valence-electron chi connectivity index (χ0n) is 14.1. The number of nitrogens with one attached hydrogen (secondary N) is 1. The van der Waals surface area contributed by atoms with E-state index >= 15 is 0 Å². The SMILES string of the molecule is O=C(NCc1ccc2c(c1)OCO2)c1nn(-c2ccc(Cl)cc2)nc1CO. The third kappa shape index (κ3) is 3.57. The zero-order chi connectivity index (χ0) is 18.8. The molecule has 8 nitrogen and oxygen atoms in total. The summed E-state index contributed by atoms with van der Waals surface area (Å²) in [4.78, 5) is 13.8. The number of aliphatic hydroxyl groups excluding tert-OH is 1. The number of carbonyl (C=O) groups excluding carboxylic acids is 1. The molecule has 2 aromatic carbocycles. The van der Waals surface area contributed by atoms with E-state index in [1.165, 1.54) is 4.80 Å². The Labute approximate surface area is 159 Å². The monoisotopic (exact) mass is 386 g/mol. The summed E-state index contributed by atoms with van der Waals surface area (Å²) in [5, 5.41) is 21.2. The molecule has 2 N–H and O–H groups in total. The fraction of sp³-hybridized carbons (Fsp3) is 0.167. The standard InChI is InChI=1S/C18H15ClN4O4/c19-12-2-4-13(5-3-12)23-21-14(9-24)17(22-23)18(25)20-8-11-1-6-15-16(7-11)27-10-26-15/h1-7,24H,8-10H2,(H,20,25). The number of hydrogen-bond donors (Lipinski definition) is 2. The fourth-order valence-corrected chi connectivity index (χ4v) is 2.75. The van der Waals surface area contributed by atoms with E-state index in [9.17, 15) is 9.90 Å². The van der Waals surface area contributed by atoms with E-state index in [1.54, 1.807) is 36.4 Å². The second-order valence-electron chi connectivity index (χ2n) is 5.79. The van der Waals surface area contributed by atoms with Gasteiger partial charge in [0.2, 0.25) is 6.79 Å². The van der Waals surface area contributed by atoms with E-state index in [0.717, 1.165) is 5.56 Å². The van der Waals surface area contributed by atoms with Crippen molar-refractivity contribution in [2.75, 3.05) is 6.79 Å². The summed E-state index contributed by atoms with van der Waals surface area (Å²) in [7, 11) is 0. The molecule has 0 spiro atoms. The Morgan fingerprint density at radius 3 is 2.70 bits per heavy atom. The van der Waals surface area contributed by atoms with Crippen molar-refractivity contribution in [2.24, 2.45) is 0 Å². The predicted molar refractivity (Wildman–Crippen MR) is 96.0 cm³/mol. The van der Waals surface area contributed by atoms with Crippen LogP contribution in [0, 0.1) is 0 Å². The molecule has 1 aliphatic heterocycles. The van der Waals surface area contributed by atoms with E-state index in [0.29, 0.717) is 22.2 Å². The van der Waals surface area contributed by atoms with Crippen molar-refractivity contribution in [1.82, 2.24) is 20.3 Å². The van der Waals surface area contributed by atoms with E-state index in [2.05, 4.69) is 15.5 Å². The lowest BCUT2D eigenvalue weighted by molar-refractivity contribution is 0.0942. The van der Waals surface area contributed by atoms with Crippen molar-refractivity contribution in [3.63, 3.8) is 0 Å². The average molecular weight is 387 g/mol. The molecule has 0 saturated heterocycles. The summed E-state index contributed by atoms with van der Waals surface area (Å²) in [6.07, 6.45) is 0. The van der Waals surface area contributed by atoms with Crippen molar-refractivity contribution in [3.8, 4) is 17.2 Å². The minimum Gasteiger partial charge on any atom is -0.454 e. The number of halogens is 1. The topological polar surface area (TPSA) is 98.5 Å². The molecule has 0 radical (unpaired) electrons. The molecule has 0 aliphatic carbocycles. The van der Waals surface area contributed by atoms with Crippen LogP contribution in [-0.4, -0.2) is 32.8 Å². The van der Waals surface area contributed by atoms with Crippen LogP contribution in [-0.2, 0) is 13.2 Å². The number of nitrogens with zero attached hydrogens (tertiary/aromatic N) is 3. The van der Waals surface area contributed by atoms with Gasteiger partial charge in [-0.1, -0.05) is 17.7 Å². The first kappa shape index (κ1) is 17.3. The number of rotatable bonds is 5. The Bertz CT molecular complexity index is 988. The highest BCUT2D eigenvalue weighted by Gasteiger charge is 2.19. The molecule has 4 rings (SSSR count). The van der Waals surface area contributed by atoms with E-state index in [1.807, 2.05) is 6.07 Å². The van der Waals surface area contributed by atoms with Crippen LogP contribution in [0.4, 0.5) is 0 Å². The lowest BCUT2D eigenvalue weighted by atomic mass is 10.2. The molecule has 1 aromatic heterocycles. The van der Waals surface area contributed by atoms with Crippen molar-refractivity contribution < 1.29 is 19.4 Å². The van der Waals surface area contributed by atoms with Gasteiger partial charge < -0.3 is 19.9 Å². The zero-order valence-corrected chi connectivity index (χ0v) is 14.8. The highest BCUT2D eigenvalue weighted by Crippen LogP contribution is 2.32. The lowest BCUT2D eigenvalue weighted by Gasteiger charge is -2.05. The van der Waals surface area contributed by atoms with Crippen molar-refractivity contribution >= 4 is 17.5 Å². The molecule has 1 amide bonds. The van der Waals surface area contributed by atoms with Crippen LogP contribution >= 0.6 is 11.6 Å². The first-order valence-corrected chi connectivity index (χ1v) is 8.51. The van der Waals surface area contributed by atoms with Crippen LogP contribution in [0.1, 0.15) is 21.7 Å². The molecule has 0 atom stereocenters. The molecule has 1 aliphatic rings. The molecule has 0 saturated carbocycles. The summed E-state index contributed by atoms with van der Waals surface area (Å²) in [6.45, 7) is 0.0628. The summed E-state index contributed by atoms with van der Waals surface area (Å²) in [5.41, 5.74) is 1.73. The maximum atomic E-state index is 12.5. The second-order valence-corrected chi connectivity index (χ2v) is 6.23. The average Bonchev–Trinajstić information content (AvgIpc) is 3.33. The van der Waals surface area contributed by atoms with Gasteiger partial charge in [0.05, 0.1) is 12.3 Å². The number of hydrogen-bond acceptors (Lipinski definition) is 6. The van der Waals surface area contributed by atoms with Crippen LogP contribution in [0.2, 0.25) is 5.02 Å². The smallest absolute Gasteiger partial charge is 0.274 e. The van der Waals surface area contributed by atoms with Crippen LogP contribution in [0.3, 0.4) is 0 Å². The molecule has 0 unspecified atom stereocenters. The molecule has 138 valence electrons. The van der Waals surface area contributed by atoms with Crippen LogP contribution in [0.5, 0.6) is 11.5 Å². The highest BCUT2D eigenvalue weighted by molar-refractivity contribution is 6.30. The van der Waals surface area contributed by atoms with Gasteiger partial charge in [0.25, 0.3) is 5.91 Å². The second kappa shape index (κ2) is 7.26. The maximum Gasteiger partial charge on any atom is 0.274 e. The molecular formula is C18H15ClN4O4. The Morgan fingerprint density at radius 2 is 1.93 bits per heavy atom. The first-order valence-electron chi connectivity index (χ1n) is 8.14. The number of fused-ring (bicyclic) bond motifs is 1. The Hall–Kier alpha value is -3.10. The minimum absolute atomic E-state index is 0.0631. The molecule has 9 heteroatoms. The van der Waals surface area contributed by atoms with Crippen molar-refractivity contribution in [3.05, 3.63) is 64.4 Å². The quantitative estimate of drug-likeness (QED) is 0.696. The lowest BCUT2D eigenvalue weighted by Crippen LogP contribution is -2.24. The summed E-state index contributed by atoms with van der Waals surface area (Å²) in [5.74, 6) is 0.891. The number of aliphatic hydroxyl groups is 1. The van der Waals surface area contributed by atoms with Gasteiger partial charge in [-0.3, -0.25) is 4.79 Å². The largest absolute Gasteiger partial charge is 0.454 e. The molecule has 27 heavy (non-hydrogen) atoms. The van der Waals surface area contributed by atoms with Gasteiger partial charge in [0.15, 0.2) is 17.2 Å². The number of amides is 1. The van der Waals surface area contributed by atoms with Gasteiger partial charge in [-0.15, -0.1) is 10.2 Å². The normalized spacial score (nSPS) is 12.2. The number of aromatic nitrogens is 3. The van der Waals surface area contributed by atoms with E-state index in [4.69, 9.17) is 21.1 Å². The molecule has 0 bridgehead atoms. The number of ether oxygens (including phenoxy) is 2. The van der Waals surface area contributed by atoms with Crippen LogP contribution in [0.15, 0.2) is 42.5 Å². The van der Waals surface area contributed by atoms with Gasteiger partial charge >= 0.3 is 0 Å². The molecule has 2 heterocycles. The highest BCUT2D eigenvalue weighted by atomic mass is 35.5. The van der Waals surface area contributed by atoms with Crippen molar-refractivity contribution in [1.29, 1.82) is 0 Å². The number of benzene rings is 2. The molecule has 0 fully saturated rings. The van der Waals surface area contributed by atoms with Gasteiger partial charge in [-0.2, -0.15) is 4.80 Å². The van der Waals surface area contributed by atoms with Gasteiger partial charge in [0, 0.05) is 11.6 Å². The molecular weight excluding hydrogens is 372 g/mol. The Morgan fingerprint density at radius 1 is 1.15 bits per heavy atom. The minimum atomic E-state index is -0.433. The van der Waals surface area contributed by atoms with Gasteiger partial charge in [-0.25, -0.2) is 0 Å². The number of carbonyl (C=O) groups is 1. The van der Waals surface area contributed by atoms with E-state index < -0.39 is 12.5 Å². The third-order valence-electron chi connectivity index (χ3n) is 4.00. The fourth-order valence-electron chi connectivity index (χ4n) is 2.63. The summed E-state index contributed by atoms with van der Waals surface area (Å²) >= 11 is 5.88. The van der Waals surface area contributed by atoms with Crippen molar-refractivity contribution in [2.45, 2.75) is 13.2 Å². The summed E-state index contributed by atoms with van der Waals surface area (Å²) < 4.78 is 10.6. The Kier molecular flexibility index (Phi) is 4.66. The van der Waals surface area contributed by atoms with Crippen LogP contribution in [0.25, 0.3) is 5.69 Å². The third-order valence-corrected chi connectivity index (χ3v) is 4.25. The van der Waals surface area contributed by atoms with Gasteiger partial charge in [-0.05, 0) is 42.0 Å². The first-order chi connectivity index (χ1) is 13.1. The summed E-state index contributed by atoms with van der Waals surface area (Å²) in [6, 6.07) is 12.3. The van der Waals surface area contributed by atoms with E-state index in [-0.39, 0.29) is 24.7 Å². The molecule has 3 aromatic rings. The predicted octanol–water partition coefficient (Wildman–Crippen LogP) is 2.07. The van der Waals surface area contributed by atoms with Gasteiger partial charge in [0.1, 0.15) is 5.69 Å².